The Morgan fingerprint density at radius 2 is 2.00 bits per heavy atom. The van der Waals surface area contributed by atoms with E-state index in [0.29, 0.717) is 25.3 Å². The summed E-state index contributed by atoms with van der Waals surface area (Å²) in [5.74, 6) is 0.701. The molecule has 0 spiro atoms. The van der Waals surface area contributed by atoms with Crippen LogP contribution in [0.1, 0.15) is 46.5 Å². The van der Waals surface area contributed by atoms with Gasteiger partial charge >= 0.3 is 0 Å². The van der Waals surface area contributed by atoms with Gasteiger partial charge in [-0.15, -0.1) is 0 Å². The maximum absolute atomic E-state index is 12.4. The van der Waals surface area contributed by atoms with Crippen molar-refractivity contribution in [1.29, 1.82) is 0 Å². The Kier molecular flexibility index (Phi) is 3.15. The molecule has 2 aliphatic rings. The number of carbonyl (C=O) groups excluding carboxylic acids is 2. The Morgan fingerprint density at radius 1 is 1.35 bits per heavy atom. The van der Waals surface area contributed by atoms with E-state index < -0.39 is 0 Å². The minimum absolute atomic E-state index is 0.000651. The lowest BCUT2D eigenvalue weighted by Gasteiger charge is -2.39. The van der Waals surface area contributed by atoms with E-state index in [1.54, 1.807) is 0 Å². The van der Waals surface area contributed by atoms with Gasteiger partial charge in [0.2, 0.25) is 11.8 Å². The molecular weight excluding hydrogens is 216 g/mol. The highest BCUT2D eigenvalue weighted by Crippen LogP contribution is 2.43. The third kappa shape index (κ3) is 2.31. The normalized spacial score (nSPS) is 26.8. The Bertz CT molecular complexity index is 334. The highest BCUT2D eigenvalue weighted by molar-refractivity contribution is 5.90. The van der Waals surface area contributed by atoms with Crippen LogP contribution in [0.25, 0.3) is 0 Å². The zero-order valence-electron chi connectivity index (χ0n) is 11.0. The first-order valence-electron chi connectivity index (χ1n) is 6.57. The number of carbonyl (C=O) groups is 2. The molecule has 1 N–H and O–H groups in total. The van der Waals surface area contributed by atoms with E-state index >= 15 is 0 Å². The van der Waals surface area contributed by atoms with Crippen LogP contribution < -0.4 is 5.32 Å². The predicted molar refractivity (Wildman–Crippen MR) is 65.4 cm³/mol. The first-order valence-corrected chi connectivity index (χ1v) is 6.57. The summed E-state index contributed by atoms with van der Waals surface area (Å²) in [7, 11) is 0. The molecular formula is C13H22N2O2. The van der Waals surface area contributed by atoms with Crippen molar-refractivity contribution in [2.45, 2.75) is 58.0 Å². The summed E-state index contributed by atoms with van der Waals surface area (Å²) in [4.78, 5) is 25.9. The summed E-state index contributed by atoms with van der Waals surface area (Å²) < 4.78 is 0. The lowest BCUT2D eigenvalue weighted by atomic mass is 9.94. The van der Waals surface area contributed by atoms with Crippen LogP contribution in [-0.4, -0.2) is 34.8 Å². The molecule has 0 aromatic rings. The van der Waals surface area contributed by atoms with E-state index in [2.05, 4.69) is 19.2 Å². The monoisotopic (exact) mass is 238 g/mol. The number of amides is 2. The van der Waals surface area contributed by atoms with Crippen molar-refractivity contribution in [3.05, 3.63) is 0 Å². The molecule has 17 heavy (non-hydrogen) atoms. The van der Waals surface area contributed by atoms with Gasteiger partial charge in [0.15, 0.2) is 0 Å². The maximum atomic E-state index is 12.4. The zero-order valence-corrected chi connectivity index (χ0v) is 11.0. The number of hydrogen-bond donors (Lipinski definition) is 1. The quantitative estimate of drug-likeness (QED) is 0.805. The van der Waals surface area contributed by atoms with Crippen LogP contribution in [0.15, 0.2) is 0 Å². The average molecular weight is 238 g/mol. The molecule has 1 heterocycles. The molecule has 1 saturated heterocycles. The lowest BCUT2D eigenvalue weighted by molar-refractivity contribution is -0.139. The zero-order chi connectivity index (χ0) is 12.6. The summed E-state index contributed by atoms with van der Waals surface area (Å²) in [6.45, 7) is 6.76. The molecule has 2 amide bonds. The molecule has 4 nitrogen and oxygen atoms in total. The minimum atomic E-state index is -0.331. The number of nitrogens with zero attached hydrogens (tertiary/aromatic N) is 1. The first kappa shape index (κ1) is 12.4. The minimum Gasteiger partial charge on any atom is -0.344 e. The third-order valence-electron chi connectivity index (χ3n) is 4.14. The van der Waals surface area contributed by atoms with Gasteiger partial charge in [0.1, 0.15) is 6.04 Å². The van der Waals surface area contributed by atoms with E-state index in [-0.39, 0.29) is 23.4 Å². The molecule has 0 bridgehead atoms. The highest BCUT2D eigenvalue weighted by atomic mass is 16.2. The second-order valence-corrected chi connectivity index (χ2v) is 5.70. The molecule has 4 heteroatoms. The predicted octanol–water partition coefficient (Wildman–Crippen LogP) is 1.30. The van der Waals surface area contributed by atoms with Gasteiger partial charge in [0.25, 0.3) is 0 Å². The van der Waals surface area contributed by atoms with E-state index in [4.69, 9.17) is 0 Å². The topological polar surface area (TPSA) is 49.4 Å². The van der Waals surface area contributed by atoms with Gasteiger partial charge in [-0.05, 0) is 39.0 Å². The van der Waals surface area contributed by atoms with Crippen LogP contribution in [0.4, 0.5) is 0 Å². The van der Waals surface area contributed by atoms with Crippen LogP contribution >= 0.6 is 0 Å². The number of nitrogens with one attached hydrogen (secondary N) is 1. The molecule has 1 unspecified atom stereocenters. The van der Waals surface area contributed by atoms with Crippen LogP contribution in [-0.2, 0) is 9.59 Å². The molecule has 1 saturated carbocycles. The van der Waals surface area contributed by atoms with Crippen LogP contribution in [0, 0.1) is 5.92 Å². The molecule has 1 aliphatic heterocycles. The second kappa shape index (κ2) is 4.31. The van der Waals surface area contributed by atoms with Crippen molar-refractivity contribution in [2.24, 2.45) is 5.92 Å². The van der Waals surface area contributed by atoms with E-state index in [1.165, 1.54) is 12.8 Å². The summed E-state index contributed by atoms with van der Waals surface area (Å²) >= 11 is 0. The van der Waals surface area contributed by atoms with Gasteiger partial charge in [0, 0.05) is 18.5 Å². The molecule has 1 atom stereocenters. The summed E-state index contributed by atoms with van der Waals surface area (Å²) in [6.07, 6.45) is 3.50. The van der Waals surface area contributed by atoms with Gasteiger partial charge in [-0.1, -0.05) is 6.92 Å². The van der Waals surface area contributed by atoms with Crippen molar-refractivity contribution >= 4 is 11.8 Å². The third-order valence-corrected chi connectivity index (χ3v) is 4.14. The van der Waals surface area contributed by atoms with E-state index in [9.17, 15) is 9.59 Å². The molecule has 2 rings (SSSR count). The summed E-state index contributed by atoms with van der Waals surface area (Å²) in [6, 6.07) is -0.331. The van der Waals surface area contributed by atoms with Crippen LogP contribution in [0.5, 0.6) is 0 Å². The summed E-state index contributed by atoms with van der Waals surface area (Å²) in [5.41, 5.74) is -0.100. The lowest BCUT2D eigenvalue weighted by Crippen LogP contribution is -2.54. The Morgan fingerprint density at radius 3 is 2.53 bits per heavy atom. The van der Waals surface area contributed by atoms with Gasteiger partial charge in [-0.25, -0.2) is 0 Å². The van der Waals surface area contributed by atoms with Gasteiger partial charge in [0.05, 0.1) is 0 Å². The van der Waals surface area contributed by atoms with E-state index in [0.717, 1.165) is 0 Å². The fourth-order valence-electron chi connectivity index (χ4n) is 2.70. The SMILES string of the molecule is CCC1NC(=O)CCN(C(C)(C)C2CC2)C1=O. The number of rotatable bonds is 3. The number of hydrogen-bond acceptors (Lipinski definition) is 2. The maximum Gasteiger partial charge on any atom is 0.245 e. The van der Waals surface area contributed by atoms with Gasteiger partial charge in [-0.2, -0.15) is 0 Å². The Hall–Kier alpha value is -1.06. The largest absolute Gasteiger partial charge is 0.344 e. The van der Waals surface area contributed by atoms with Crippen molar-refractivity contribution in [2.75, 3.05) is 6.54 Å². The second-order valence-electron chi connectivity index (χ2n) is 5.70. The molecule has 0 aromatic carbocycles. The smallest absolute Gasteiger partial charge is 0.245 e. The molecule has 1 aliphatic carbocycles. The highest BCUT2D eigenvalue weighted by Gasteiger charge is 2.46. The van der Waals surface area contributed by atoms with Crippen molar-refractivity contribution in [3.63, 3.8) is 0 Å². The molecule has 2 fully saturated rings. The van der Waals surface area contributed by atoms with Gasteiger partial charge < -0.3 is 10.2 Å². The van der Waals surface area contributed by atoms with E-state index in [1.807, 2.05) is 11.8 Å². The molecule has 0 radical (unpaired) electrons. The van der Waals surface area contributed by atoms with Crippen molar-refractivity contribution in [3.8, 4) is 0 Å². The first-order chi connectivity index (χ1) is 7.96. The fraction of sp³-hybridized carbons (Fsp3) is 0.846. The van der Waals surface area contributed by atoms with Gasteiger partial charge in [-0.3, -0.25) is 9.59 Å². The molecule has 0 aromatic heterocycles. The van der Waals surface area contributed by atoms with Crippen molar-refractivity contribution in [1.82, 2.24) is 10.2 Å². The molecule has 96 valence electrons. The standard InChI is InChI=1S/C13H22N2O2/c1-4-10-12(17)15(8-7-11(16)14-10)13(2,3)9-5-6-9/h9-10H,4-8H2,1-3H3,(H,14,16). The Balaban J connectivity index is 2.20. The Labute approximate surface area is 103 Å². The fourth-order valence-corrected chi connectivity index (χ4v) is 2.70. The van der Waals surface area contributed by atoms with Crippen molar-refractivity contribution < 1.29 is 9.59 Å². The van der Waals surface area contributed by atoms with Crippen LogP contribution in [0.3, 0.4) is 0 Å². The average Bonchev–Trinajstić information content (AvgIpc) is 3.07. The van der Waals surface area contributed by atoms with Crippen LogP contribution in [0.2, 0.25) is 0 Å². The summed E-state index contributed by atoms with van der Waals surface area (Å²) in [5, 5.41) is 2.81.